The first-order chi connectivity index (χ1) is 14.6. The summed E-state index contributed by atoms with van der Waals surface area (Å²) >= 11 is 0. The van der Waals surface area contributed by atoms with E-state index in [1.54, 1.807) is 12.4 Å². The van der Waals surface area contributed by atoms with E-state index in [4.69, 9.17) is 4.74 Å². The number of aromatic nitrogens is 3. The second kappa shape index (κ2) is 7.06. The summed E-state index contributed by atoms with van der Waals surface area (Å²) in [6.07, 6.45) is 7.26. The van der Waals surface area contributed by atoms with Crippen LogP contribution in [0.25, 0.3) is 0 Å². The molecule has 8 heteroatoms. The van der Waals surface area contributed by atoms with Crippen LogP contribution in [0.2, 0.25) is 0 Å². The number of morpholine rings is 1. The number of aromatic amines is 1. The van der Waals surface area contributed by atoms with E-state index in [9.17, 15) is 9.59 Å². The molecule has 2 aromatic rings. The number of pyridine rings is 1. The molecule has 3 fully saturated rings. The van der Waals surface area contributed by atoms with Crippen LogP contribution in [0.5, 0.6) is 0 Å². The van der Waals surface area contributed by atoms with Gasteiger partial charge < -0.3 is 19.2 Å². The van der Waals surface area contributed by atoms with Gasteiger partial charge in [-0.3, -0.25) is 14.5 Å². The zero-order valence-electron chi connectivity index (χ0n) is 17.0. The van der Waals surface area contributed by atoms with Crippen molar-refractivity contribution in [1.29, 1.82) is 0 Å². The Morgan fingerprint density at radius 3 is 2.73 bits per heavy atom. The molecule has 3 saturated heterocycles. The topological polar surface area (TPSA) is 83.5 Å². The van der Waals surface area contributed by atoms with Crippen molar-refractivity contribution in [2.45, 2.75) is 50.5 Å². The summed E-state index contributed by atoms with van der Waals surface area (Å²) in [6, 6.07) is 4.13. The molecule has 30 heavy (non-hydrogen) atoms. The molecule has 4 atom stereocenters. The van der Waals surface area contributed by atoms with Crippen LogP contribution in [0.4, 0.5) is 0 Å². The highest BCUT2D eigenvalue weighted by molar-refractivity contribution is 5.90. The number of nitrogens with zero attached hydrogens (tertiary/aromatic N) is 4. The maximum atomic E-state index is 13.3. The summed E-state index contributed by atoms with van der Waals surface area (Å²) in [5.41, 5.74) is 2.09. The molecule has 1 N–H and O–H groups in total. The third-order valence-corrected chi connectivity index (χ3v) is 7.18. The Hall–Kier alpha value is -2.45. The molecular formula is C22H27N5O3. The molecule has 6 rings (SSSR count). The van der Waals surface area contributed by atoms with Gasteiger partial charge in [0, 0.05) is 68.8 Å². The van der Waals surface area contributed by atoms with Gasteiger partial charge in [-0.1, -0.05) is 6.07 Å². The van der Waals surface area contributed by atoms with Crippen LogP contribution >= 0.6 is 0 Å². The summed E-state index contributed by atoms with van der Waals surface area (Å²) in [7, 11) is 0. The number of carbonyl (C=O) groups is 1. The molecule has 0 saturated carbocycles. The Bertz CT molecular complexity index is 1000. The van der Waals surface area contributed by atoms with Gasteiger partial charge in [0.2, 0.25) is 0 Å². The number of likely N-dealkylation sites (tertiary alicyclic amines) is 2. The maximum Gasteiger partial charge on any atom is 0.289 e. The van der Waals surface area contributed by atoms with E-state index in [-0.39, 0.29) is 17.4 Å². The van der Waals surface area contributed by atoms with Gasteiger partial charge in [0.15, 0.2) is 5.82 Å². The van der Waals surface area contributed by atoms with Gasteiger partial charge in [-0.2, -0.15) is 0 Å². The molecule has 6 heterocycles. The highest BCUT2D eigenvalue weighted by Gasteiger charge is 2.38. The molecule has 0 spiro atoms. The monoisotopic (exact) mass is 409 g/mol. The van der Waals surface area contributed by atoms with Gasteiger partial charge >= 0.3 is 0 Å². The molecular weight excluding hydrogens is 382 g/mol. The van der Waals surface area contributed by atoms with Crippen molar-refractivity contribution < 1.29 is 9.53 Å². The summed E-state index contributed by atoms with van der Waals surface area (Å²) in [4.78, 5) is 37.4. The first-order valence-electron chi connectivity index (χ1n) is 11.0. The molecule has 1 amide bonds. The van der Waals surface area contributed by atoms with Gasteiger partial charge in [0.05, 0.1) is 12.2 Å². The summed E-state index contributed by atoms with van der Waals surface area (Å²) in [5, 5.41) is 0. The molecule has 0 aliphatic carbocycles. The molecule has 0 aromatic carbocycles. The lowest BCUT2D eigenvalue weighted by molar-refractivity contribution is -0.0412. The van der Waals surface area contributed by atoms with Crippen LogP contribution in [0.1, 0.15) is 47.1 Å². The lowest BCUT2D eigenvalue weighted by Crippen LogP contribution is -2.50. The van der Waals surface area contributed by atoms with Crippen molar-refractivity contribution in [1.82, 2.24) is 24.3 Å². The fourth-order valence-corrected chi connectivity index (χ4v) is 5.88. The smallest absolute Gasteiger partial charge is 0.289 e. The first kappa shape index (κ1) is 18.3. The number of imidazole rings is 1. The highest BCUT2D eigenvalue weighted by atomic mass is 16.5. The number of amides is 1. The Morgan fingerprint density at radius 1 is 1.13 bits per heavy atom. The Labute approximate surface area is 174 Å². The molecule has 8 nitrogen and oxygen atoms in total. The third-order valence-electron chi connectivity index (χ3n) is 7.18. The standard InChI is InChI=1S/C22H27N5O3/c28-21-15(10-25-12-17-2-3-18(13-25)30-17)1-4-19-16-7-14(9-27(19)21)8-26(11-16)22(29)20-23-5-6-24-20/h1,4-6,14,16-18H,2-3,7-13H2,(H,23,24)/t14-,16+,17-,18+/m0/s1. The number of piperidine rings is 1. The number of nitrogens with one attached hydrogen (secondary N) is 1. The molecule has 2 aromatic heterocycles. The predicted octanol–water partition coefficient (Wildman–Crippen LogP) is 1.19. The van der Waals surface area contributed by atoms with Crippen molar-refractivity contribution in [3.05, 3.63) is 52.0 Å². The van der Waals surface area contributed by atoms with E-state index in [0.29, 0.717) is 50.1 Å². The maximum absolute atomic E-state index is 13.3. The van der Waals surface area contributed by atoms with Gasteiger partial charge in [0.1, 0.15) is 0 Å². The number of carbonyl (C=O) groups excluding carboxylic acids is 1. The molecule has 4 aliphatic heterocycles. The minimum atomic E-state index is -0.0518. The quantitative estimate of drug-likeness (QED) is 0.824. The summed E-state index contributed by atoms with van der Waals surface area (Å²) in [6.45, 7) is 4.56. The van der Waals surface area contributed by atoms with Crippen molar-refractivity contribution >= 4 is 5.91 Å². The number of hydrogen-bond donors (Lipinski definition) is 1. The Kier molecular flexibility index (Phi) is 4.31. The molecule has 4 bridgehead atoms. The average molecular weight is 409 g/mol. The van der Waals surface area contributed by atoms with Crippen molar-refractivity contribution in [2.75, 3.05) is 26.2 Å². The van der Waals surface area contributed by atoms with E-state index in [2.05, 4.69) is 20.9 Å². The molecule has 158 valence electrons. The zero-order valence-corrected chi connectivity index (χ0v) is 17.0. The summed E-state index contributed by atoms with van der Waals surface area (Å²) in [5.74, 6) is 0.853. The number of rotatable bonds is 3. The molecule has 0 unspecified atom stereocenters. The first-order valence-corrected chi connectivity index (χ1v) is 11.0. The zero-order chi connectivity index (χ0) is 20.2. The summed E-state index contributed by atoms with van der Waals surface area (Å²) < 4.78 is 7.91. The predicted molar refractivity (Wildman–Crippen MR) is 109 cm³/mol. The van der Waals surface area contributed by atoms with Gasteiger partial charge in [-0.05, 0) is 31.2 Å². The van der Waals surface area contributed by atoms with Gasteiger partial charge in [-0.25, -0.2) is 4.98 Å². The van der Waals surface area contributed by atoms with E-state index >= 15 is 0 Å². The minimum absolute atomic E-state index is 0.0518. The highest BCUT2D eigenvalue weighted by Crippen LogP contribution is 2.35. The van der Waals surface area contributed by atoms with Crippen molar-refractivity contribution in [2.24, 2.45) is 5.92 Å². The average Bonchev–Trinajstić information content (AvgIpc) is 3.40. The Balaban J connectivity index is 1.23. The number of H-pyrrole nitrogens is 1. The van der Waals surface area contributed by atoms with Crippen LogP contribution in [-0.4, -0.2) is 68.6 Å². The van der Waals surface area contributed by atoms with Crippen LogP contribution in [0, 0.1) is 5.92 Å². The van der Waals surface area contributed by atoms with Crippen molar-refractivity contribution in [3.8, 4) is 0 Å². The van der Waals surface area contributed by atoms with Crippen LogP contribution in [0.15, 0.2) is 29.3 Å². The largest absolute Gasteiger partial charge is 0.372 e. The number of ether oxygens (including phenoxy) is 1. The second-order valence-electron chi connectivity index (χ2n) is 9.30. The molecule has 0 radical (unpaired) electrons. The van der Waals surface area contributed by atoms with Crippen LogP contribution in [-0.2, 0) is 17.8 Å². The van der Waals surface area contributed by atoms with E-state index in [1.807, 2.05) is 15.5 Å². The Morgan fingerprint density at radius 2 is 1.97 bits per heavy atom. The van der Waals surface area contributed by atoms with Gasteiger partial charge in [-0.15, -0.1) is 0 Å². The van der Waals surface area contributed by atoms with Crippen molar-refractivity contribution in [3.63, 3.8) is 0 Å². The van der Waals surface area contributed by atoms with Gasteiger partial charge in [0.25, 0.3) is 11.5 Å². The van der Waals surface area contributed by atoms with Crippen LogP contribution in [0.3, 0.4) is 0 Å². The fraction of sp³-hybridized carbons (Fsp3) is 0.591. The number of hydrogen-bond acceptors (Lipinski definition) is 5. The SMILES string of the molecule is O=C(c1ncc[nH]1)N1C[C@@H]2C[C@H](C1)c1ccc(CN3C[C@H]4CC[C@@H](C3)O4)c(=O)n1C2. The lowest BCUT2D eigenvalue weighted by Gasteiger charge is -2.42. The van der Waals surface area contributed by atoms with E-state index < -0.39 is 0 Å². The number of fused-ring (bicyclic) bond motifs is 6. The molecule has 4 aliphatic rings. The van der Waals surface area contributed by atoms with E-state index in [1.165, 1.54) is 0 Å². The second-order valence-corrected chi connectivity index (χ2v) is 9.30. The minimum Gasteiger partial charge on any atom is -0.372 e. The fourth-order valence-electron chi connectivity index (χ4n) is 5.88. The normalized spacial score (nSPS) is 30.3. The third kappa shape index (κ3) is 3.09. The van der Waals surface area contributed by atoms with E-state index in [0.717, 1.165) is 43.6 Å². The van der Waals surface area contributed by atoms with Crippen LogP contribution < -0.4 is 5.56 Å². The lowest BCUT2D eigenvalue weighted by atomic mass is 9.83.